The molecule has 0 aliphatic carbocycles. The summed E-state index contributed by atoms with van der Waals surface area (Å²) in [5.74, 6) is 1.34. The number of hydrogen-bond donors (Lipinski definition) is 0. The van der Waals surface area contributed by atoms with E-state index in [1.807, 2.05) is 18.2 Å². The first-order valence-corrected chi connectivity index (χ1v) is 6.83. The summed E-state index contributed by atoms with van der Waals surface area (Å²) in [5.41, 5.74) is 1.25. The molecule has 4 heteroatoms. The number of nitrogens with zero attached hydrogens (tertiary/aromatic N) is 1. The lowest BCUT2D eigenvalue weighted by Gasteiger charge is -2.20. The lowest BCUT2D eigenvalue weighted by Crippen LogP contribution is -2.36. The van der Waals surface area contributed by atoms with Crippen molar-refractivity contribution in [2.75, 3.05) is 26.8 Å². The first-order chi connectivity index (χ1) is 9.29. The third kappa shape index (κ3) is 2.32. The molecule has 0 aromatic heterocycles. The summed E-state index contributed by atoms with van der Waals surface area (Å²) in [6.07, 6.45) is 1.90. The number of cyclic esters (lactones) is 1. The molecule has 0 saturated carbocycles. The van der Waals surface area contributed by atoms with E-state index in [1.54, 1.807) is 7.11 Å². The van der Waals surface area contributed by atoms with Crippen LogP contribution in [0.3, 0.4) is 0 Å². The van der Waals surface area contributed by atoms with Crippen molar-refractivity contribution in [3.8, 4) is 5.75 Å². The van der Waals surface area contributed by atoms with Crippen LogP contribution in [0.5, 0.6) is 5.75 Å². The first kappa shape index (κ1) is 12.5. The second kappa shape index (κ2) is 5.21. The number of likely N-dealkylation sites (tertiary alicyclic amines) is 1. The Kier molecular flexibility index (Phi) is 3.42. The summed E-state index contributed by atoms with van der Waals surface area (Å²) in [5, 5.41) is 0. The Morgan fingerprint density at radius 1 is 1.32 bits per heavy atom. The zero-order valence-electron chi connectivity index (χ0n) is 11.2. The lowest BCUT2D eigenvalue weighted by molar-refractivity contribution is -0.142. The third-order valence-corrected chi connectivity index (χ3v) is 4.15. The maximum Gasteiger partial charge on any atom is 0.323 e. The fourth-order valence-corrected chi connectivity index (χ4v) is 3.14. The minimum atomic E-state index is -0.0549. The molecule has 0 N–H and O–H groups in total. The van der Waals surface area contributed by atoms with Crippen LogP contribution in [0, 0.1) is 0 Å². The molecule has 0 amide bonds. The molecule has 2 atom stereocenters. The van der Waals surface area contributed by atoms with Gasteiger partial charge in [0.25, 0.3) is 0 Å². The van der Waals surface area contributed by atoms with Gasteiger partial charge in [-0.3, -0.25) is 9.69 Å². The van der Waals surface area contributed by atoms with Gasteiger partial charge in [-0.15, -0.1) is 0 Å². The van der Waals surface area contributed by atoms with E-state index in [-0.39, 0.29) is 12.0 Å². The van der Waals surface area contributed by atoms with Crippen LogP contribution in [0.25, 0.3) is 0 Å². The minimum Gasteiger partial charge on any atom is -0.496 e. The topological polar surface area (TPSA) is 38.8 Å². The van der Waals surface area contributed by atoms with Crippen molar-refractivity contribution >= 4 is 5.97 Å². The van der Waals surface area contributed by atoms with Gasteiger partial charge in [0.2, 0.25) is 0 Å². The van der Waals surface area contributed by atoms with Gasteiger partial charge in [-0.05, 0) is 24.6 Å². The van der Waals surface area contributed by atoms with Crippen molar-refractivity contribution < 1.29 is 14.3 Å². The number of rotatable bonds is 3. The van der Waals surface area contributed by atoms with Crippen LogP contribution in [-0.2, 0) is 9.53 Å². The monoisotopic (exact) mass is 261 g/mol. The Labute approximate surface area is 113 Å². The van der Waals surface area contributed by atoms with Crippen LogP contribution < -0.4 is 4.74 Å². The molecule has 2 aliphatic heterocycles. The summed E-state index contributed by atoms with van der Waals surface area (Å²) in [4.78, 5) is 13.9. The number of para-hydroxylation sites is 1. The summed E-state index contributed by atoms with van der Waals surface area (Å²) in [6, 6.07) is 8.13. The maximum absolute atomic E-state index is 11.6. The van der Waals surface area contributed by atoms with Gasteiger partial charge >= 0.3 is 5.97 Å². The third-order valence-electron chi connectivity index (χ3n) is 4.15. The first-order valence-electron chi connectivity index (χ1n) is 6.83. The molecule has 2 heterocycles. The average Bonchev–Trinajstić information content (AvgIpc) is 3.07. The molecule has 0 spiro atoms. The van der Waals surface area contributed by atoms with Crippen molar-refractivity contribution in [1.29, 1.82) is 0 Å². The van der Waals surface area contributed by atoms with Crippen LogP contribution in [0.2, 0.25) is 0 Å². The zero-order chi connectivity index (χ0) is 13.2. The van der Waals surface area contributed by atoms with Crippen LogP contribution >= 0.6 is 0 Å². The zero-order valence-corrected chi connectivity index (χ0v) is 11.2. The van der Waals surface area contributed by atoms with Crippen molar-refractivity contribution in [3.05, 3.63) is 29.8 Å². The van der Waals surface area contributed by atoms with Gasteiger partial charge in [0.15, 0.2) is 0 Å². The number of hydrogen-bond acceptors (Lipinski definition) is 4. The van der Waals surface area contributed by atoms with Crippen molar-refractivity contribution in [1.82, 2.24) is 4.90 Å². The quantitative estimate of drug-likeness (QED) is 0.778. The van der Waals surface area contributed by atoms with E-state index in [1.165, 1.54) is 5.56 Å². The second-order valence-electron chi connectivity index (χ2n) is 5.19. The average molecular weight is 261 g/mol. The van der Waals surface area contributed by atoms with Gasteiger partial charge in [0.05, 0.1) is 13.7 Å². The largest absolute Gasteiger partial charge is 0.496 e. The van der Waals surface area contributed by atoms with E-state index < -0.39 is 0 Å². The van der Waals surface area contributed by atoms with Gasteiger partial charge in [0, 0.05) is 18.9 Å². The number of benzene rings is 1. The second-order valence-corrected chi connectivity index (χ2v) is 5.19. The van der Waals surface area contributed by atoms with Gasteiger partial charge in [-0.2, -0.15) is 0 Å². The molecule has 102 valence electrons. The van der Waals surface area contributed by atoms with E-state index >= 15 is 0 Å². The predicted octanol–water partition coefficient (Wildman–Crippen LogP) is 1.80. The number of carbonyl (C=O) groups is 1. The molecule has 19 heavy (non-hydrogen) atoms. The summed E-state index contributed by atoms with van der Waals surface area (Å²) in [7, 11) is 1.71. The van der Waals surface area contributed by atoms with E-state index in [9.17, 15) is 4.79 Å². The van der Waals surface area contributed by atoms with Crippen molar-refractivity contribution in [3.63, 3.8) is 0 Å². The maximum atomic E-state index is 11.6. The highest BCUT2D eigenvalue weighted by Gasteiger charge is 2.37. The number of esters is 1. The molecule has 0 unspecified atom stereocenters. The van der Waals surface area contributed by atoms with Crippen LogP contribution in [0.1, 0.15) is 24.3 Å². The number of ether oxygens (including phenoxy) is 2. The van der Waals surface area contributed by atoms with E-state index in [0.717, 1.165) is 31.7 Å². The summed E-state index contributed by atoms with van der Waals surface area (Å²) >= 11 is 0. The van der Waals surface area contributed by atoms with Gasteiger partial charge < -0.3 is 9.47 Å². The minimum absolute atomic E-state index is 0.0280. The SMILES string of the molecule is COc1ccccc1[C@H]1CCN([C@@H]2CCOC2=O)C1. The molecule has 0 bridgehead atoms. The summed E-state index contributed by atoms with van der Waals surface area (Å²) < 4.78 is 10.5. The Bertz CT molecular complexity index is 474. The molecule has 0 radical (unpaired) electrons. The van der Waals surface area contributed by atoms with Crippen LogP contribution in [0.4, 0.5) is 0 Å². The smallest absolute Gasteiger partial charge is 0.323 e. The van der Waals surface area contributed by atoms with E-state index in [0.29, 0.717) is 12.5 Å². The predicted molar refractivity (Wildman–Crippen MR) is 71.3 cm³/mol. The Hall–Kier alpha value is -1.55. The van der Waals surface area contributed by atoms with Gasteiger partial charge in [-0.25, -0.2) is 0 Å². The van der Waals surface area contributed by atoms with Crippen LogP contribution in [-0.4, -0.2) is 43.7 Å². The highest BCUT2D eigenvalue weighted by atomic mass is 16.5. The normalized spacial score (nSPS) is 27.5. The Balaban J connectivity index is 1.73. The highest BCUT2D eigenvalue weighted by Crippen LogP contribution is 2.35. The fourth-order valence-electron chi connectivity index (χ4n) is 3.14. The molecule has 4 nitrogen and oxygen atoms in total. The molecular formula is C15H19NO3. The fraction of sp³-hybridized carbons (Fsp3) is 0.533. The molecule has 3 rings (SSSR count). The number of methoxy groups -OCH3 is 1. The van der Waals surface area contributed by atoms with Crippen LogP contribution in [0.15, 0.2) is 24.3 Å². The Morgan fingerprint density at radius 2 is 2.16 bits per heavy atom. The molecule has 2 aliphatic rings. The molecule has 1 aromatic carbocycles. The molecule has 2 saturated heterocycles. The van der Waals surface area contributed by atoms with E-state index in [4.69, 9.17) is 9.47 Å². The highest BCUT2D eigenvalue weighted by molar-refractivity contribution is 5.77. The molecule has 1 aromatic rings. The molecular weight excluding hydrogens is 242 g/mol. The lowest BCUT2D eigenvalue weighted by atomic mass is 9.97. The molecule has 2 fully saturated rings. The number of carbonyl (C=O) groups excluding carboxylic acids is 1. The Morgan fingerprint density at radius 3 is 2.89 bits per heavy atom. The van der Waals surface area contributed by atoms with E-state index in [2.05, 4.69) is 11.0 Å². The van der Waals surface area contributed by atoms with Gasteiger partial charge in [-0.1, -0.05) is 18.2 Å². The standard InChI is InChI=1S/C15H19NO3/c1-18-14-5-3-2-4-12(14)11-6-8-16(10-11)13-7-9-19-15(13)17/h2-5,11,13H,6-10H2,1H3/t11-,13+/m0/s1. The summed E-state index contributed by atoms with van der Waals surface area (Å²) in [6.45, 7) is 2.45. The van der Waals surface area contributed by atoms with Crippen molar-refractivity contribution in [2.45, 2.75) is 24.8 Å². The van der Waals surface area contributed by atoms with Crippen molar-refractivity contribution in [2.24, 2.45) is 0 Å². The van der Waals surface area contributed by atoms with Gasteiger partial charge in [0.1, 0.15) is 11.8 Å².